The van der Waals surface area contributed by atoms with Crippen LogP contribution in [0.3, 0.4) is 0 Å². The first kappa shape index (κ1) is 13.6. The van der Waals surface area contributed by atoms with Crippen LogP contribution in [0.5, 0.6) is 0 Å². The Morgan fingerprint density at radius 1 is 1.58 bits per heavy atom. The van der Waals surface area contributed by atoms with E-state index in [2.05, 4.69) is 4.98 Å². The molecule has 0 atom stereocenters. The summed E-state index contributed by atoms with van der Waals surface area (Å²) in [7, 11) is 0. The standard InChI is InChI=1S/C13H19N3O3/c1-9(2)15-8-6-14-12(13(15)19)16(10-3-4-10)7-5-11(17)18/h6,8-10H,3-5,7H2,1-2H3,(H,17,18). The zero-order chi connectivity index (χ0) is 14.0. The van der Waals surface area contributed by atoms with Crippen molar-refractivity contribution in [3.63, 3.8) is 0 Å². The van der Waals surface area contributed by atoms with Gasteiger partial charge >= 0.3 is 5.97 Å². The third kappa shape index (κ3) is 3.13. The Labute approximate surface area is 111 Å². The molecule has 0 bridgehead atoms. The summed E-state index contributed by atoms with van der Waals surface area (Å²) in [6.07, 6.45) is 5.29. The minimum atomic E-state index is -0.856. The largest absolute Gasteiger partial charge is 0.481 e. The second-order valence-electron chi connectivity index (χ2n) is 5.13. The fraction of sp³-hybridized carbons (Fsp3) is 0.615. The zero-order valence-electron chi connectivity index (χ0n) is 11.2. The fourth-order valence-electron chi connectivity index (χ4n) is 2.08. The highest BCUT2D eigenvalue weighted by Gasteiger charge is 2.32. The molecular weight excluding hydrogens is 246 g/mol. The third-order valence-corrected chi connectivity index (χ3v) is 3.23. The number of nitrogens with zero attached hydrogens (tertiary/aromatic N) is 3. The van der Waals surface area contributed by atoms with Gasteiger partial charge in [0.1, 0.15) is 0 Å². The number of anilines is 1. The van der Waals surface area contributed by atoms with Crippen molar-refractivity contribution >= 4 is 11.8 Å². The van der Waals surface area contributed by atoms with E-state index in [0.717, 1.165) is 12.8 Å². The first-order valence-corrected chi connectivity index (χ1v) is 6.56. The van der Waals surface area contributed by atoms with Gasteiger partial charge in [0.15, 0.2) is 5.82 Å². The van der Waals surface area contributed by atoms with Gasteiger partial charge in [-0.15, -0.1) is 0 Å². The Morgan fingerprint density at radius 2 is 2.26 bits per heavy atom. The molecule has 0 unspecified atom stereocenters. The van der Waals surface area contributed by atoms with Crippen LogP contribution in [0.15, 0.2) is 17.2 Å². The van der Waals surface area contributed by atoms with E-state index in [9.17, 15) is 9.59 Å². The van der Waals surface area contributed by atoms with Crippen molar-refractivity contribution in [1.29, 1.82) is 0 Å². The molecule has 19 heavy (non-hydrogen) atoms. The maximum atomic E-state index is 12.3. The number of hydrogen-bond acceptors (Lipinski definition) is 4. The maximum absolute atomic E-state index is 12.3. The fourth-order valence-corrected chi connectivity index (χ4v) is 2.08. The van der Waals surface area contributed by atoms with Crippen LogP contribution in [0, 0.1) is 0 Å². The molecular formula is C13H19N3O3. The van der Waals surface area contributed by atoms with Gasteiger partial charge in [-0.2, -0.15) is 0 Å². The van der Waals surface area contributed by atoms with Crippen molar-refractivity contribution in [2.45, 2.75) is 45.2 Å². The summed E-state index contributed by atoms with van der Waals surface area (Å²) in [6, 6.07) is 0.331. The molecule has 1 aromatic heterocycles. The molecule has 6 nitrogen and oxygen atoms in total. The molecule has 1 N–H and O–H groups in total. The topological polar surface area (TPSA) is 75.4 Å². The highest BCUT2D eigenvalue weighted by atomic mass is 16.4. The number of rotatable bonds is 6. The summed E-state index contributed by atoms with van der Waals surface area (Å²) in [6.45, 7) is 4.21. The SMILES string of the molecule is CC(C)n1ccnc(N(CCC(=O)O)C2CC2)c1=O. The molecule has 1 fully saturated rings. The van der Waals surface area contributed by atoms with Crippen molar-refractivity contribution in [1.82, 2.24) is 9.55 Å². The highest BCUT2D eigenvalue weighted by Crippen LogP contribution is 2.29. The molecule has 0 radical (unpaired) electrons. The van der Waals surface area contributed by atoms with Gasteiger partial charge in [0.25, 0.3) is 5.56 Å². The van der Waals surface area contributed by atoms with E-state index >= 15 is 0 Å². The molecule has 1 aliphatic rings. The predicted molar refractivity (Wildman–Crippen MR) is 71.5 cm³/mol. The lowest BCUT2D eigenvalue weighted by Crippen LogP contribution is -2.36. The zero-order valence-corrected chi connectivity index (χ0v) is 11.2. The molecule has 0 aliphatic heterocycles. The van der Waals surface area contributed by atoms with E-state index in [1.165, 1.54) is 0 Å². The number of aromatic nitrogens is 2. The molecule has 0 spiro atoms. The van der Waals surface area contributed by atoms with Crippen LogP contribution >= 0.6 is 0 Å². The van der Waals surface area contributed by atoms with E-state index < -0.39 is 5.97 Å². The summed E-state index contributed by atoms with van der Waals surface area (Å²) in [5, 5.41) is 8.79. The highest BCUT2D eigenvalue weighted by molar-refractivity contribution is 5.67. The molecule has 6 heteroatoms. The third-order valence-electron chi connectivity index (χ3n) is 3.23. The first-order valence-electron chi connectivity index (χ1n) is 6.56. The van der Waals surface area contributed by atoms with Crippen molar-refractivity contribution in [2.75, 3.05) is 11.4 Å². The van der Waals surface area contributed by atoms with Crippen LogP contribution < -0.4 is 10.5 Å². The van der Waals surface area contributed by atoms with Crippen molar-refractivity contribution < 1.29 is 9.90 Å². The minimum Gasteiger partial charge on any atom is -0.481 e. The van der Waals surface area contributed by atoms with E-state index in [1.807, 2.05) is 18.7 Å². The molecule has 1 saturated carbocycles. The molecule has 0 saturated heterocycles. The number of carbonyl (C=O) groups is 1. The number of hydrogen-bond donors (Lipinski definition) is 1. The number of carboxylic acid groups (broad SMARTS) is 1. The van der Waals surface area contributed by atoms with Gasteiger partial charge in [0.2, 0.25) is 0 Å². The first-order chi connectivity index (χ1) is 9.00. The minimum absolute atomic E-state index is 0.0220. The Balaban J connectivity index is 2.29. The lowest BCUT2D eigenvalue weighted by atomic mass is 10.3. The molecule has 2 rings (SSSR count). The normalized spacial score (nSPS) is 14.7. The smallest absolute Gasteiger partial charge is 0.305 e. The van der Waals surface area contributed by atoms with Crippen LogP contribution in [0.2, 0.25) is 0 Å². The van der Waals surface area contributed by atoms with Gasteiger partial charge in [0, 0.05) is 31.0 Å². The van der Waals surface area contributed by atoms with Crippen LogP contribution in [-0.2, 0) is 4.79 Å². The molecule has 104 valence electrons. The van der Waals surface area contributed by atoms with E-state index in [-0.39, 0.29) is 24.1 Å². The van der Waals surface area contributed by atoms with Gasteiger partial charge < -0.3 is 14.6 Å². The Hall–Kier alpha value is -1.85. The van der Waals surface area contributed by atoms with Crippen LogP contribution in [0.25, 0.3) is 0 Å². The summed E-state index contributed by atoms with van der Waals surface area (Å²) in [5.74, 6) is -0.481. The molecule has 1 heterocycles. The Morgan fingerprint density at radius 3 is 2.79 bits per heavy atom. The van der Waals surface area contributed by atoms with Gasteiger partial charge in [-0.25, -0.2) is 4.98 Å². The maximum Gasteiger partial charge on any atom is 0.305 e. The number of aliphatic carboxylic acids is 1. The van der Waals surface area contributed by atoms with Gasteiger partial charge in [0.05, 0.1) is 6.42 Å². The van der Waals surface area contributed by atoms with Crippen molar-refractivity contribution in [2.24, 2.45) is 0 Å². The van der Waals surface area contributed by atoms with E-state index in [0.29, 0.717) is 12.4 Å². The van der Waals surface area contributed by atoms with Gasteiger partial charge in [-0.05, 0) is 26.7 Å². The van der Waals surface area contributed by atoms with Crippen molar-refractivity contribution in [3.8, 4) is 0 Å². The van der Waals surface area contributed by atoms with Gasteiger partial charge in [-0.1, -0.05) is 0 Å². The predicted octanol–water partition coefficient (Wildman–Crippen LogP) is 1.27. The van der Waals surface area contributed by atoms with Crippen LogP contribution in [0.1, 0.15) is 39.2 Å². The quantitative estimate of drug-likeness (QED) is 0.838. The Bertz CT molecular complexity index is 520. The summed E-state index contributed by atoms with van der Waals surface area (Å²) < 4.78 is 1.62. The molecule has 1 aromatic rings. The van der Waals surface area contributed by atoms with Crippen LogP contribution in [-0.4, -0.2) is 33.2 Å². The van der Waals surface area contributed by atoms with Crippen LogP contribution in [0.4, 0.5) is 5.82 Å². The lowest BCUT2D eigenvalue weighted by molar-refractivity contribution is -0.136. The monoisotopic (exact) mass is 265 g/mol. The number of carboxylic acids is 1. The van der Waals surface area contributed by atoms with Gasteiger partial charge in [-0.3, -0.25) is 9.59 Å². The Kier molecular flexibility index (Phi) is 3.87. The summed E-state index contributed by atoms with van der Waals surface area (Å²) in [4.78, 5) is 29.1. The molecule has 0 aromatic carbocycles. The summed E-state index contributed by atoms with van der Waals surface area (Å²) in [5.41, 5.74) is -0.144. The van der Waals surface area contributed by atoms with E-state index in [4.69, 9.17) is 5.11 Å². The second-order valence-corrected chi connectivity index (χ2v) is 5.13. The second kappa shape index (κ2) is 5.42. The van der Waals surface area contributed by atoms with E-state index in [1.54, 1.807) is 17.0 Å². The summed E-state index contributed by atoms with van der Waals surface area (Å²) >= 11 is 0. The lowest BCUT2D eigenvalue weighted by Gasteiger charge is -2.23. The average molecular weight is 265 g/mol. The van der Waals surface area contributed by atoms with Crippen molar-refractivity contribution in [3.05, 3.63) is 22.7 Å². The average Bonchev–Trinajstić information content (AvgIpc) is 3.15. The molecule has 0 amide bonds. The molecule has 1 aliphatic carbocycles.